The Morgan fingerprint density at radius 3 is 2.50 bits per heavy atom. The highest BCUT2D eigenvalue weighted by molar-refractivity contribution is 7.89. The van der Waals surface area contributed by atoms with Crippen LogP contribution in [-0.4, -0.2) is 43.5 Å². The first kappa shape index (κ1) is 24.1. The van der Waals surface area contributed by atoms with Gasteiger partial charge >= 0.3 is 5.97 Å². The molecule has 2 atom stereocenters. The number of carbonyl (C=O) groups excluding carboxylic acids is 1. The summed E-state index contributed by atoms with van der Waals surface area (Å²) in [6, 6.07) is 8.26. The van der Waals surface area contributed by atoms with Crippen LogP contribution in [0, 0.1) is 22.0 Å². The van der Waals surface area contributed by atoms with Gasteiger partial charge in [-0.3, -0.25) is 10.1 Å². The lowest BCUT2D eigenvalue weighted by Gasteiger charge is -2.34. The predicted octanol–water partition coefficient (Wildman–Crippen LogP) is 3.48. The quantitative estimate of drug-likeness (QED) is 0.342. The summed E-state index contributed by atoms with van der Waals surface area (Å²) in [5, 5.41) is 11.2. The van der Waals surface area contributed by atoms with Crippen LogP contribution in [0.3, 0.4) is 0 Å². The lowest BCUT2D eigenvalue weighted by atomic mass is 9.94. The number of carbonyl (C=O) groups is 1. The zero-order chi connectivity index (χ0) is 24.5. The topological polar surface area (TPSA) is 125 Å². The number of rotatable bonds is 6. The maximum atomic E-state index is 13.0. The van der Waals surface area contributed by atoms with Gasteiger partial charge in [-0.2, -0.15) is 4.31 Å². The molecule has 0 aromatic heterocycles. The van der Waals surface area contributed by atoms with Crippen molar-refractivity contribution in [2.45, 2.75) is 38.4 Å². The molecule has 0 bridgehead atoms. The van der Waals surface area contributed by atoms with Crippen molar-refractivity contribution in [2.75, 3.05) is 19.9 Å². The number of non-ortho nitro benzene ring substituents is 1. The maximum Gasteiger partial charge on any atom is 0.338 e. The lowest BCUT2D eigenvalue weighted by molar-refractivity contribution is -0.385. The third-order valence-corrected chi connectivity index (χ3v) is 7.75. The number of hydrogen-bond acceptors (Lipinski definition) is 8. The molecule has 1 saturated heterocycles. The lowest BCUT2D eigenvalue weighted by Crippen LogP contribution is -2.42. The molecule has 1 fully saturated rings. The molecule has 34 heavy (non-hydrogen) atoms. The van der Waals surface area contributed by atoms with E-state index in [0.29, 0.717) is 30.0 Å². The second-order valence-electron chi connectivity index (χ2n) is 8.83. The maximum absolute atomic E-state index is 13.0. The molecule has 4 rings (SSSR count). The minimum absolute atomic E-state index is 0.00370. The Bertz CT molecular complexity index is 1190. The largest absolute Gasteiger partial charge is 0.467 e. The van der Waals surface area contributed by atoms with Crippen molar-refractivity contribution < 1.29 is 32.3 Å². The van der Waals surface area contributed by atoms with Gasteiger partial charge in [0.15, 0.2) is 6.79 Å². The molecule has 2 aliphatic heterocycles. The van der Waals surface area contributed by atoms with E-state index in [1.165, 1.54) is 40.7 Å². The van der Waals surface area contributed by atoms with E-state index in [0.717, 1.165) is 6.42 Å². The van der Waals surface area contributed by atoms with Gasteiger partial charge in [-0.05, 0) is 42.5 Å². The summed E-state index contributed by atoms with van der Waals surface area (Å²) in [4.78, 5) is 23.4. The molecule has 10 nitrogen and oxygen atoms in total. The fourth-order valence-corrected chi connectivity index (χ4v) is 6.11. The Hall–Kier alpha value is -3.02. The highest BCUT2D eigenvalue weighted by Gasteiger charge is 2.31. The Kier molecular flexibility index (Phi) is 6.87. The predicted molar refractivity (Wildman–Crippen MR) is 121 cm³/mol. The van der Waals surface area contributed by atoms with Crippen LogP contribution in [-0.2, 0) is 32.7 Å². The van der Waals surface area contributed by atoms with E-state index in [-0.39, 0.29) is 48.0 Å². The molecule has 0 unspecified atom stereocenters. The van der Waals surface area contributed by atoms with Gasteiger partial charge in [-0.15, -0.1) is 0 Å². The van der Waals surface area contributed by atoms with Crippen LogP contribution in [0.5, 0.6) is 5.75 Å². The summed E-state index contributed by atoms with van der Waals surface area (Å²) < 4.78 is 43.5. The minimum atomic E-state index is -3.66. The second kappa shape index (κ2) is 9.69. The number of piperidine rings is 1. The van der Waals surface area contributed by atoms with Crippen molar-refractivity contribution in [3.8, 4) is 5.75 Å². The molecular formula is C23H26N2O8S. The standard InChI is InChI=1S/C23H26N2O8S/c1-15-7-16(2)11-24(10-15)34(29,30)21-5-3-17(4-6-21)23(26)32-13-19-9-20(25(27)28)8-18-12-31-14-33-22(18)19/h3-6,8-9,15-16H,7,10-14H2,1-2H3/t15-,16-/m0/s1. The molecule has 0 aliphatic carbocycles. The highest BCUT2D eigenvalue weighted by atomic mass is 32.2. The molecule has 182 valence electrons. The number of sulfonamides is 1. The van der Waals surface area contributed by atoms with Crippen LogP contribution in [0.2, 0.25) is 0 Å². The Balaban J connectivity index is 1.47. The van der Waals surface area contributed by atoms with E-state index in [2.05, 4.69) is 0 Å². The third-order valence-electron chi connectivity index (χ3n) is 5.90. The van der Waals surface area contributed by atoms with Crippen LogP contribution < -0.4 is 4.74 Å². The van der Waals surface area contributed by atoms with Crippen LogP contribution >= 0.6 is 0 Å². The van der Waals surface area contributed by atoms with Gasteiger partial charge in [0, 0.05) is 36.3 Å². The molecule has 0 amide bonds. The average Bonchev–Trinajstić information content (AvgIpc) is 2.81. The molecule has 0 N–H and O–H groups in total. The molecule has 0 radical (unpaired) electrons. The molecule has 11 heteroatoms. The number of nitrogens with zero attached hydrogens (tertiary/aromatic N) is 2. The van der Waals surface area contributed by atoms with Gasteiger partial charge in [0.2, 0.25) is 10.0 Å². The van der Waals surface area contributed by atoms with Crippen LogP contribution in [0.1, 0.15) is 41.8 Å². The van der Waals surface area contributed by atoms with Gasteiger partial charge in [0.25, 0.3) is 5.69 Å². The van der Waals surface area contributed by atoms with Gasteiger partial charge in [-0.25, -0.2) is 13.2 Å². The van der Waals surface area contributed by atoms with E-state index in [1.54, 1.807) is 0 Å². The summed E-state index contributed by atoms with van der Waals surface area (Å²) in [5.74, 6) is 0.276. The van der Waals surface area contributed by atoms with Crippen LogP contribution in [0.15, 0.2) is 41.3 Å². The van der Waals surface area contributed by atoms with Crippen molar-refractivity contribution in [2.24, 2.45) is 11.8 Å². The molecule has 2 aliphatic rings. The fourth-order valence-electron chi connectivity index (χ4n) is 4.43. The number of nitro groups is 1. The molecular weight excluding hydrogens is 464 g/mol. The van der Waals surface area contributed by atoms with Crippen molar-refractivity contribution in [3.63, 3.8) is 0 Å². The molecule has 2 aromatic carbocycles. The van der Waals surface area contributed by atoms with Crippen LogP contribution in [0.25, 0.3) is 0 Å². The third kappa shape index (κ3) is 5.06. The minimum Gasteiger partial charge on any atom is -0.467 e. The first-order valence-corrected chi connectivity index (χ1v) is 12.4. The molecule has 0 saturated carbocycles. The Morgan fingerprint density at radius 1 is 1.18 bits per heavy atom. The normalized spacial score (nSPS) is 20.8. The number of benzene rings is 2. The number of hydrogen-bond donors (Lipinski definition) is 0. The van der Waals surface area contributed by atoms with Crippen molar-refractivity contribution in [3.05, 3.63) is 63.2 Å². The first-order valence-electron chi connectivity index (χ1n) is 10.9. The highest BCUT2D eigenvalue weighted by Crippen LogP contribution is 2.33. The first-order chi connectivity index (χ1) is 16.1. The van der Waals surface area contributed by atoms with Gasteiger partial charge in [0.05, 0.1) is 22.0 Å². The average molecular weight is 491 g/mol. The van der Waals surface area contributed by atoms with E-state index in [9.17, 15) is 23.3 Å². The zero-order valence-electron chi connectivity index (χ0n) is 18.9. The van der Waals surface area contributed by atoms with Gasteiger partial charge in [-0.1, -0.05) is 13.8 Å². The van der Waals surface area contributed by atoms with Gasteiger partial charge < -0.3 is 14.2 Å². The Labute approximate surface area is 197 Å². The van der Waals surface area contributed by atoms with E-state index in [1.807, 2.05) is 13.8 Å². The number of ether oxygens (including phenoxy) is 3. The number of fused-ring (bicyclic) bond motifs is 1. The fraction of sp³-hybridized carbons (Fsp3) is 0.435. The van der Waals surface area contributed by atoms with Crippen molar-refractivity contribution in [1.29, 1.82) is 0 Å². The SMILES string of the molecule is C[C@H]1C[C@H](C)CN(S(=O)(=O)c2ccc(C(=O)OCc3cc([N+](=O)[O-])cc4c3OCOC4)cc2)C1. The second-order valence-corrected chi connectivity index (χ2v) is 10.8. The van der Waals surface area contributed by atoms with Crippen molar-refractivity contribution in [1.82, 2.24) is 4.31 Å². The summed E-state index contributed by atoms with van der Waals surface area (Å²) in [6.45, 7) is 4.92. The smallest absolute Gasteiger partial charge is 0.338 e. The molecule has 2 aromatic rings. The van der Waals surface area contributed by atoms with E-state index in [4.69, 9.17) is 14.2 Å². The summed E-state index contributed by atoms with van der Waals surface area (Å²) in [6.07, 6.45) is 0.989. The van der Waals surface area contributed by atoms with E-state index >= 15 is 0 Å². The van der Waals surface area contributed by atoms with Crippen molar-refractivity contribution >= 4 is 21.7 Å². The Morgan fingerprint density at radius 2 is 1.85 bits per heavy atom. The summed E-state index contributed by atoms with van der Waals surface area (Å²) >= 11 is 0. The molecule has 0 spiro atoms. The van der Waals surface area contributed by atoms with Crippen LogP contribution in [0.4, 0.5) is 5.69 Å². The monoisotopic (exact) mass is 490 g/mol. The summed E-state index contributed by atoms with van der Waals surface area (Å²) in [5.41, 5.74) is 0.869. The zero-order valence-corrected chi connectivity index (χ0v) is 19.7. The summed E-state index contributed by atoms with van der Waals surface area (Å²) in [7, 11) is -3.66. The van der Waals surface area contributed by atoms with E-state index < -0.39 is 20.9 Å². The molecule has 2 heterocycles. The number of esters is 1. The number of nitro benzene ring substituents is 1. The van der Waals surface area contributed by atoms with Gasteiger partial charge in [0.1, 0.15) is 12.4 Å².